The summed E-state index contributed by atoms with van der Waals surface area (Å²) in [5, 5.41) is 8.76. The molecule has 5 rings (SSSR count). The van der Waals surface area contributed by atoms with Crippen LogP contribution in [0.4, 0.5) is 17.6 Å². The number of aromatic nitrogens is 4. The van der Waals surface area contributed by atoms with Gasteiger partial charge in [-0.15, -0.1) is 10.2 Å². The van der Waals surface area contributed by atoms with Crippen molar-refractivity contribution in [2.45, 2.75) is 37.6 Å². The number of likely N-dealkylation sites (tertiary alicyclic amines) is 1. The Morgan fingerprint density at radius 3 is 2.62 bits per heavy atom. The van der Waals surface area contributed by atoms with Gasteiger partial charge in [0.15, 0.2) is 11.5 Å². The number of alkyl halides is 3. The molecule has 0 aliphatic carbocycles. The number of fused-ring (bicyclic) bond motifs is 2. The maximum absolute atomic E-state index is 14.2. The smallest absolute Gasteiger partial charge is 0.408 e. The molecule has 7 nitrogen and oxygen atoms in total. The monoisotopic (exact) mass is 474 g/mol. The molecule has 1 aliphatic heterocycles. The Morgan fingerprint density at radius 2 is 1.94 bits per heavy atom. The number of methoxy groups -OCH3 is 1. The Labute approximate surface area is 192 Å². The molecule has 178 valence electrons. The van der Waals surface area contributed by atoms with E-state index in [0.29, 0.717) is 28.7 Å². The third-order valence-corrected chi connectivity index (χ3v) is 6.42. The number of benzene rings is 1. The highest BCUT2D eigenvalue weighted by Crippen LogP contribution is 2.41. The lowest BCUT2D eigenvalue weighted by Gasteiger charge is -2.34. The lowest BCUT2D eigenvalue weighted by atomic mass is 10.1. The number of rotatable bonds is 4. The van der Waals surface area contributed by atoms with Crippen molar-refractivity contribution in [2.75, 3.05) is 13.7 Å². The van der Waals surface area contributed by atoms with Crippen molar-refractivity contribution in [3.05, 3.63) is 54.0 Å². The number of halogens is 4. The Bertz CT molecular complexity index is 1370. The van der Waals surface area contributed by atoms with Crippen LogP contribution in [0, 0.1) is 5.82 Å². The molecular formula is C23H22F4N6O. The molecule has 0 radical (unpaired) electrons. The van der Waals surface area contributed by atoms with Gasteiger partial charge in [0.25, 0.3) is 0 Å². The van der Waals surface area contributed by atoms with Gasteiger partial charge in [0, 0.05) is 36.3 Å². The van der Waals surface area contributed by atoms with E-state index in [0.717, 1.165) is 0 Å². The maximum Gasteiger partial charge on any atom is 0.408 e. The second-order valence-corrected chi connectivity index (χ2v) is 8.47. The van der Waals surface area contributed by atoms with E-state index in [1.807, 2.05) is 0 Å². The average molecular weight is 474 g/mol. The van der Waals surface area contributed by atoms with Crippen molar-refractivity contribution in [3.8, 4) is 17.3 Å². The van der Waals surface area contributed by atoms with Crippen molar-refractivity contribution in [3.63, 3.8) is 0 Å². The lowest BCUT2D eigenvalue weighted by Crippen LogP contribution is -2.44. The van der Waals surface area contributed by atoms with Crippen molar-refractivity contribution in [1.82, 2.24) is 24.5 Å². The Balaban J connectivity index is 1.63. The first-order chi connectivity index (χ1) is 16.2. The second kappa shape index (κ2) is 8.17. The molecule has 1 saturated heterocycles. The molecule has 4 aromatic rings. The lowest BCUT2D eigenvalue weighted by molar-refractivity contribution is -0.188. The average Bonchev–Trinajstić information content (AvgIpc) is 3.36. The van der Waals surface area contributed by atoms with E-state index in [4.69, 9.17) is 10.5 Å². The minimum atomic E-state index is -4.50. The van der Waals surface area contributed by atoms with Crippen LogP contribution in [0.2, 0.25) is 0 Å². The molecule has 2 N–H and O–H groups in total. The fraction of sp³-hybridized carbons (Fsp3) is 0.348. The van der Waals surface area contributed by atoms with E-state index in [-0.39, 0.29) is 29.7 Å². The van der Waals surface area contributed by atoms with E-state index in [9.17, 15) is 17.6 Å². The van der Waals surface area contributed by atoms with Gasteiger partial charge in [-0.25, -0.2) is 9.37 Å². The van der Waals surface area contributed by atoms with Gasteiger partial charge in [-0.05, 0) is 37.1 Å². The SMILES string of the molecule is COc1cc(F)cc2ccc(-c3nnc4ccc([C@H](N5CCC(N)[C@@H]5C)C(F)(F)F)cn34)nc12. The van der Waals surface area contributed by atoms with Crippen molar-refractivity contribution < 1.29 is 22.3 Å². The van der Waals surface area contributed by atoms with Crippen LogP contribution in [0.5, 0.6) is 5.75 Å². The standard InChI is InChI=1S/C23H22F4N6O/c1-12-16(28)7-8-32(12)21(23(25,26)27)14-4-6-19-30-31-22(33(19)11-14)17-5-3-13-9-15(24)10-18(34-2)20(13)29-17/h3-6,9-12,16,21H,7-8,28H2,1-2H3/t12-,16?,21-/m0/s1. The maximum atomic E-state index is 14.2. The summed E-state index contributed by atoms with van der Waals surface area (Å²) in [6, 6.07) is 6.18. The molecule has 3 aromatic heterocycles. The topological polar surface area (TPSA) is 81.6 Å². The van der Waals surface area contributed by atoms with E-state index in [2.05, 4.69) is 15.2 Å². The first-order valence-electron chi connectivity index (χ1n) is 10.7. The molecule has 1 aromatic carbocycles. The highest BCUT2D eigenvalue weighted by atomic mass is 19.4. The van der Waals surface area contributed by atoms with Gasteiger partial charge >= 0.3 is 6.18 Å². The number of nitrogens with zero attached hydrogens (tertiary/aromatic N) is 5. The van der Waals surface area contributed by atoms with E-state index < -0.39 is 24.1 Å². The zero-order valence-electron chi connectivity index (χ0n) is 18.4. The highest BCUT2D eigenvalue weighted by molar-refractivity contribution is 5.86. The van der Waals surface area contributed by atoms with Gasteiger partial charge in [-0.2, -0.15) is 13.2 Å². The molecule has 1 aliphatic rings. The third-order valence-electron chi connectivity index (χ3n) is 6.42. The third kappa shape index (κ3) is 3.74. The van der Waals surface area contributed by atoms with Crippen LogP contribution in [-0.4, -0.2) is 56.4 Å². The molecule has 0 saturated carbocycles. The van der Waals surface area contributed by atoms with Crippen LogP contribution < -0.4 is 10.5 Å². The molecule has 0 spiro atoms. The first kappa shape index (κ1) is 22.5. The van der Waals surface area contributed by atoms with Gasteiger partial charge < -0.3 is 10.5 Å². The molecule has 3 atom stereocenters. The number of ether oxygens (including phenoxy) is 1. The van der Waals surface area contributed by atoms with Crippen LogP contribution in [0.15, 0.2) is 42.6 Å². The highest BCUT2D eigenvalue weighted by Gasteiger charge is 2.48. The Kier molecular flexibility index (Phi) is 5.40. The summed E-state index contributed by atoms with van der Waals surface area (Å²) >= 11 is 0. The summed E-state index contributed by atoms with van der Waals surface area (Å²) in [4.78, 5) is 5.93. The molecule has 4 heterocycles. The van der Waals surface area contributed by atoms with Gasteiger partial charge in [-0.3, -0.25) is 9.30 Å². The minimum absolute atomic E-state index is 0.0578. The first-order valence-corrected chi connectivity index (χ1v) is 10.7. The van der Waals surface area contributed by atoms with Crippen LogP contribution in [0.25, 0.3) is 28.1 Å². The fourth-order valence-corrected chi connectivity index (χ4v) is 4.61. The van der Waals surface area contributed by atoms with Gasteiger partial charge in [0.2, 0.25) is 0 Å². The predicted molar refractivity (Wildman–Crippen MR) is 118 cm³/mol. The summed E-state index contributed by atoms with van der Waals surface area (Å²) in [7, 11) is 1.41. The molecule has 34 heavy (non-hydrogen) atoms. The Morgan fingerprint density at radius 1 is 1.15 bits per heavy atom. The molecule has 1 fully saturated rings. The van der Waals surface area contributed by atoms with E-state index in [1.54, 1.807) is 19.1 Å². The molecular weight excluding hydrogens is 452 g/mol. The van der Waals surface area contributed by atoms with Crippen LogP contribution in [0.3, 0.4) is 0 Å². The van der Waals surface area contributed by atoms with Gasteiger partial charge in [-0.1, -0.05) is 12.1 Å². The van der Waals surface area contributed by atoms with Crippen molar-refractivity contribution >= 4 is 16.6 Å². The fourth-order valence-electron chi connectivity index (χ4n) is 4.61. The summed E-state index contributed by atoms with van der Waals surface area (Å²) < 4.78 is 63.2. The van der Waals surface area contributed by atoms with Gasteiger partial charge in [0.1, 0.15) is 28.8 Å². The second-order valence-electron chi connectivity index (χ2n) is 8.47. The predicted octanol–water partition coefficient (Wildman–Crippen LogP) is 4.12. The number of nitrogens with two attached hydrogens (primary N) is 1. The van der Waals surface area contributed by atoms with Crippen LogP contribution in [0.1, 0.15) is 24.9 Å². The Hall–Kier alpha value is -3.31. The molecule has 0 bridgehead atoms. The number of hydrogen-bond acceptors (Lipinski definition) is 6. The normalized spacial score (nSPS) is 20.3. The largest absolute Gasteiger partial charge is 0.494 e. The molecule has 11 heteroatoms. The number of pyridine rings is 2. The summed E-state index contributed by atoms with van der Waals surface area (Å²) in [6.07, 6.45) is -2.61. The van der Waals surface area contributed by atoms with E-state index in [1.165, 1.54) is 46.9 Å². The minimum Gasteiger partial charge on any atom is -0.494 e. The molecule has 0 amide bonds. The quantitative estimate of drug-likeness (QED) is 0.448. The van der Waals surface area contributed by atoms with Crippen LogP contribution >= 0.6 is 0 Å². The zero-order valence-corrected chi connectivity index (χ0v) is 18.4. The van der Waals surface area contributed by atoms with E-state index >= 15 is 0 Å². The van der Waals surface area contributed by atoms with Crippen LogP contribution in [-0.2, 0) is 0 Å². The number of hydrogen-bond donors (Lipinski definition) is 1. The summed E-state index contributed by atoms with van der Waals surface area (Å²) in [5.41, 5.74) is 7.20. The summed E-state index contributed by atoms with van der Waals surface area (Å²) in [5.74, 6) is 0.0330. The zero-order chi connectivity index (χ0) is 24.2. The van der Waals surface area contributed by atoms with Gasteiger partial charge in [0.05, 0.1) is 7.11 Å². The molecule has 1 unspecified atom stereocenters. The summed E-state index contributed by atoms with van der Waals surface area (Å²) in [6.45, 7) is 1.97. The van der Waals surface area contributed by atoms with Crippen molar-refractivity contribution in [2.24, 2.45) is 5.73 Å². The van der Waals surface area contributed by atoms with Crippen molar-refractivity contribution in [1.29, 1.82) is 0 Å².